The molecule has 2 aromatic rings. The summed E-state index contributed by atoms with van der Waals surface area (Å²) < 4.78 is 0. The lowest BCUT2D eigenvalue weighted by atomic mass is 10.0. The number of thiazole rings is 1. The van der Waals surface area contributed by atoms with Gasteiger partial charge < -0.3 is 5.32 Å². The van der Waals surface area contributed by atoms with E-state index in [0.717, 1.165) is 21.3 Å². The van der Waals surface area contributed by atoms with Crippen molar-refractivity contribution in [2.75, 3.05) is 11.1 Å². The molecule has 0 aliphatic rings. The third-order valence-electron chi connectivity index (χ3n) is 2.85. The van der Waals surface area contributed by atoms with Crippen LogP contribution in [0.1, 0.15) is 31.3 Å². The lowest BCUT2D eigenvalue weighted by molar-refractivity contribution is 0.604. The van der Waals surface area contributed by atoms with Crippen molar-refractivity contribution in [3.63, 3.8) is 0 Å². The van der Waals surface area contributed by atoms with Gasteiger partial charge in [-0.25, -0.2) is 4.98 Å². The molecule has 1 aromatic carbocycles. The predicted octanol–water partition coefficient (Wildman–Crippen LogP) is 4.47. The van der Waals surface area contributed by atoms with E-state index in [1.54, 1.807) is 29.3 Å². The molecule has 5 heteroatoms. The highest BCUT2D eigenvalue weighted by Gasteiger charge is 2.24. The molecule has 0 radical (unpaired) electrons. The fourth-order valence-electron chi connectivity index (χ4n) is 1.95. The number of anilines is 1. The molecule has 2 rings (SSSR count). The van der Waals surface area contributed by atoms with Crippen LogP contribution < -0.4 is 5.32 Å². The van der Waals surface area contributed by atoms with E-state index in [4.69, 9.17) is 0 Å². The summed E-state index contributed by atoms with van der Waals surface area (Å²) in [5.74, 6) is 0.952. The fraction of sp³-hybridized carbons (Fsp3) is 0.333. The van der Waals surface area contributed by atoms with Gasteiger partial charge in [-0.1, -0.05) is 13.0 Å². The Morgan fingerprint density at radius 1 is 1.45 bits per heavy atom. The van der Waals surface area contributed by atoms with E-state index < -0.39 is 0 Å². The molecule has 0 amide bonds. The zero-order valence-corrected chi connectivity index (χ0v) is 13.4. The first kappa shape index (κ1) is 14.9. The summed E-state index contributed by atoms with van der Waals surface area (Å²) in [5, 5.41) is 15.9. The quantitative estimate of drug-likeness (QED) is 0.828. The molecule has 1 N–H and O–H groups in total. The van der Waals surface area contributed by atoms with Gasteiger partial charge in [0.2, 0.25) is 0 Å². The second-order valence-electron chi connectivity index (χ2n) is 4.81. The normalized spacial score (nSPS) is 11.1. The standard InChI is InChI=1S/C15H17N3S2/c1-4-19-13-7-5-6-12(11(13)10-16)18-15(2,3)14-17-8-9-20-14/h5-9,18H,4H2,1-3H3. The molecule has 0 aliphatic carbocycles. The number of benzene rings is 1. The smallest absolute Gasteiger partial charge is 0.117 e. The third kappa shape index (κ3) is 3.14. The van der Waals surface area contributed by atoms with Crippen LogP contribution in [0.5, 0.6) is 0 Å². The van der Waals surface area contributed by atoms with Crippen molar-refractivity contribution in [2.45, 2.75) is 31.2 Å². The predicted molar refractivity (Wildman–Crippen MR) is 86.3 cm³/mol. The maximum absolute atomic E-state index is 9.44. The minimum Gasteiger partial charge on any atom is -0.373 e. The Bertz CT molecular complexity index is 613. The Morgan fingerprint density at radius 2 is 2.25 bits per heavy atom. The van der Waals surface area contributed by atoms with Crippen LogP contribution in [0.3, 0.4) is 0 Å². The average Bonchev–Trinajstić information content (AvgIpc) is 2.94. The van der Waals surface area contributed by atoms with E-state index in [2.05, 4.69) is 37.1 Å². The van der Waals surface area contributed by atoms with Gasteiger partial charge in [-0.05, 0) is 31.7 Å². The molecule has 1 heterocycles. The Hall–Kier alpha value is -1.51. The summed E-state index contributed by atoms with van der Waals surface area (Å²) >= 11 is 3.30. The molecule has 1 aromatic heterocycles. The van der Waals surface area contributed by atoms with Crippen molar-refractivity contribution in [1.82, 2.24) is 4.98 Å². The van der Waals surface area contributed by atoms with E-state index >= 15 is 0 Å². The number of nitrogens with zero attached hydrogens (tertiary/aromatic N) is 2. The molecule has 0 unspecified atom stereocenters. The maximum atomic E-state index is 9.44. The van der Waals surface area contributed by atoms with E-state index in [1.165, 1.54) is 0 Å². The Kier molecular flexibility index (Phi) is 4.69. The highest BCUT2D eigenvalue weighted by Crippen LogP contribution is 2.32. The average molecular weight is 303 g/mol. The van der Waals surface area contributed by atoms with Gasteiger partial charge in [0.25, 0.3) is 0 Å². The van der Waals surface area contributed by atoms with Gasteiger partial charge in [-0.15, -0.1) is 23.1 Å². The first-order chi connectivity index (χ1) is 9.58. The molecule has 104 valence electrons. The van der Waals surface area contributed by atoms with Gasteiger partial charge in [-0.3, -0.25) is 0 Å². The number of aromatic nitrogens is 1. The summed E-state index contributed by atoms with van der Waals surface area (Å²) in [6.07, 6.45) is 1.80. The summed E-state index contributed by atoms with van der Waals surface area (Å²) in [6, 6.07) is 8.25. The molecule has 20 heavy (non-hydrogen) atoms. The largest absolute Gasteiger partial charge is 0.373 e. The van der Waals surface area contributed by atoms with Crippen LogP contribution in [0.2, 0.25) is 0 Å². The number of thioether (sulfide) groups is 1. The van der Waals surface area contributed by atoms with Crippen LogP contribution in [0.25, 0.3) is 0 Å². The second kappa shape index (κ2) is 6.29. The van der Waals surface area contributed by atoms with Crippen molar-refractivity contribution >= 4 is 28.8 Å². The molecule has 0 aliphatic heterocycles. The van der Waals surface area contributed by atoms with Crippen LogP contribution in [0.4, 0.5) is 5.69 Å². The van der Waals surface area contributed by atoms with Crippen LogP contribution in [0.15, 0.2) is 34.7 Å². The number of hydrogen-bond donors (Lipinski definition) is 1. The molecular formula is C15H17N3S2. The van der Waals surface area contributed by atoms with Crippen LogP contribution in [-0.2, 0) is 5.54 Å². The van der Waals surface area contributed by atoms with Crippen molar-refractivity contribution in [3.8, 4) is 6.07 Å². The van der Waals surface area contributed by atoms with Gasteiger partial charge in [0.05, 0.1) is 16.8 Å². The summed E-state index contributed by atoms with van der Waals surface area (Å²) in [7, 11) is 0. The van der Waals surface area contributed by atoms with E-state index in [1.807, 2.05) is 23.6 Å². The van der Waals surface area contributed by atoms with Gasteiger partial charge in [-0.2, -0.15) is 5.26 Å². The minimum absolute atomic E-state index is 0.296. The lowest BCUT2D eigenvalue weighted by Crippen LogP contribution is -2.28. The molecule has 0 fully saturated rings. The Morgan fingerprint density at radius 3 is 2.85 bits per heavy atom. The third-order valence-corrected chi connectivity index (χ3v) is 4.89. The van der Waals surface area contributed by atoms with Gasteiger partial charge >= 0.3 is 0 Å². The zero-order chi connectivity index (χ0) is 14.6. The van der Waals surface area contributed by atoms with Gasteiger partial charge in [0.15, 0.2) is 0 Å². The molecule has 0 saturated heterocycles. The first-order valence-electron chi connectivity index (χ1n) is 6.42. The number of rotatable bonds is 5. The van der Waals surface area contributed by atoms with Crippen molar-refractivity contribution in [1.29, 1.82) is 5.26 Å². The molecule has 0 spiro atoms. The number of hydrogen-bond acceptors (Lipinski definition) is 5. The van der Waals surface area contributed by atoms with Crippen LogP contribution in [0, 0.1) is 11.3 Å². The SMILES string of the molecule is CCSc1cccc(NC(C)(C)c2nccs2)c1C#N. The first-order valence-corrected chi connectivity index (χ1v) is 8.29. The summed E-state index contributed by atoms with van der Waals surface area (Å²) in [6.45, 7) is 6.24. The fourth-order valence-corrected chi connectivity index (χ4v) is 3.45. The van der Waals surface area contributed by atoms with E-state index in [0.29, 0.717) is 5.56 Å². The minimum atomic E-state index is -0.296. The second-order valence-corrected chi connectivity index (χ2v) is 7.01. The molecule has 0 bridgehead atoms. The topological polar surface area (TPSA) is 48.7 Å². The lowest BCUT2D eigenvalue weighted by Gasteiger charge is -2.26. The zero-order valence-electron chi connectivity index (χ0n) is 11.8. The van der Waals surface area contributed by atoms with Gasteiger partial charge in [0.1, 0.15) is 11.1 Å². The van der Waals surface area contributed by atoms with E-state index in [9.17, 15) is 5.26 Å². The summed E-state index contributed by atoms with van der Waals surface area (Å²) in [4.78, 5) is 5.39. The molecule has 3 nitrogen and oxygen atoms in total. The monoisotopic (exact) mass is 303 g/mol. The Labute approximate surface area is 128 Å². The Balaban J connectivity index is 2.34. The molecule has 0 atom stereocenters. The van der Waals surface area contributed by atoms with E-state index in [-0.39, 0.29) is 5.54 Å². The molecule has 0 saturated carbocycles. The maximum Gasteiger partial charge on any atom is 0.117 e. The van der Waals surface area contributed by atoms with Crippen LogP contribution in [-0.4, -0.2) is 10.7 Å². The number of nitrogens with one attached hydrogen (secondary N) is 1. The van der Waals surface area contributed by atoms with Crippen molar-refractivity contribution in [3.05, 3.63) is 40.3 Å². The number of nitriles is 1. The van der Waals surface area contributed by atoms with Crippen molar-refractivity contribution < 1.29 is 0 Å². The van der Waals surface area contributed by atoms with Gasteiger partial charge in [0, 0.05) is 16.5 Å². The van der Waals surface area contributed by atoms with Crippen LogP contribution >= 0.6 is 23.1 Å². The molecular weight excluding hydrogens is 286 g/mol. The highest BCUT2D eigenvalue weighted by molar-refractivity contribution is 7.99. The summed E-state index contributed by atoms with van der Waals surface area (Å²) in [5.41, 5.74) is 1.28. The van der Waals surface area contributed by atoms with Crippen molar-refractivity contribution in [2.24, 2.45) is 0 Å². The highest BCUT2D eigenvalue weighted by atomic mass is 32.2.